The zero-order valence-corrected chi connectivity index (χ0v) is 19.1. The number of aromatic nitrogens is 4. The van der Waals surface area contributed by atoms with Gasteiger partial charge < -0.3 is 10.1 Å². The third-order valence-electron chi connectivity index (χ3n) is 4.53. The fraction of sp³-hybridized carbons (Fsp3) is 0.238. The maximum Gasteiger partial charge on any atom is 0.271 e. The van der Waals surface area contributed by atoms with Crippen molar-refractivity contribution in [2.45, 2.75) is 19.1 Å². The molecule has 1 aromatic carbocycles. The number of halogens is 1. The first-order valence-corrected chi connectivity index (χ1v) is 12.2. The number of fused-ring (bicyclic) bond motifs is 1. The first-order chi connectivity index (χ1) is 15.1. The van der Waals surface area contributed by atoms with E-state index in [9.17, 15) is 4.79 Å². The molecule has 31 heavy (non-hydrogen) atoms. The molecule has 1 atom stereocenters. The number of ether oxygens (including phenoxy) is 1. The predicted octanol–water partition coefficient (Wildman–Crippen LogP) is 4.64. The Hall–Kier alpha value is -2.62. The Labute approximate surface area is 192 Å². The summed E-state index contributed by atoms with van der Waals surface area (Å²) in [5.41, 5.74) is 1.11. The van der Waals surface area contributed by atoms with Crippen molar-refractivity contribution in [3.05, 3.63) is 75.6 Å². The van der Waals surface area contributed by atoms with E-state index < -0.39 is 0 Å². The summed E-state index contributed by atoms with van der Waals surface area (Å²) in [6, 6.07) is 12.6. The fourth-order valence-electron chi connectivity index (χ4n) is 2.99. The van der Waals surface area contributed by atoms with E-state index in [1.54, 1.807) is 41.4 Å². The molecule has 3 aromatic heterocycles. The van der Waals surface area contributed by atoms with Crippen LogP contribution in [0, 0.1) is 0 Å². The number of hydrogen-bond donors (Lipinski definition) is 1. The Bertz CT molecular complexity index is 1160. The number of benzene rings is 1. The van der Waals surface area contributed by atoms with Crippen molar-refractivity contribution in [1.29, 1.82) is 0 Å². The third-order valence-corrected chi connectivity index (χ3v) is 6.25. The van der Waals surface area contributed by atoms with E-state index in [0.717, 1.165) is 17.8 Å². The summed E-state index contributed by atoms with van der Waals surface area (Å²) in [4.78, 5) is 17.3. The van der Waals surface area contributed by atoms with Crippen LogP contribution in [0.5, 0.6) is 5.75 Å². The van der Waals surface area contributed by atoms with Crippen LogP contribution in [0.2, 0.25) is 5.02 Å². The number of thiazole rings is 1. The summed E-state index contributed by atoms with van der Waals surface area (Å²) < 4.78 is 7.62. The predicted molar refractivity (Wildman–Crippen MR) is 124 cm³/mol. The summed E-state index contributed by atoms with van der Waals surface area (Å²) in [6.45, 7) is 0.282. The van der Waals surface area contributed by atoms with Gasteiger partial charge in [-0.25, -0.2) is 4.98 Å². The van der Waals surface area contributed by atoms with Crippen molar-refractivity contribution in [2.24, 2.45) is 0 Å². The molecule has 7 nitrogen and oxygen atoms in total. The highest BCUT2D eigenvalue weighted by Gasteiger charge is 2.22. The molecule has 0 bridgehead atoms. The Kier molecular flexibility index (Phi) is 7.06. The maximum absolute atomic E-state index is 12.9. The number of carbonyl (C=O) groups excluding carboxylic acids is 1. The van der Waals surface area contributed by atoms with E-state index in [4.69, 9.17) is 16.3 Å². The number of carbonyl (C=O) groups is 1. The van der Waals surface area contributed by atoms with Gasteiger partial charge in [-0.3, -0.25) is 9.20 Å². The molecule has 160 valence electrons. The lowest BCUT2D eigenvalue weighted by Gasteiger charge is -2.16. The molecule has 0 aliphatic carbocycles. The zero-order valence-electron chi connectivity index (χ0n) is 16.7. The van der Waals surface area contributed by atoms with Crippen LogP contribution in [-0.4, -0.2) is 37.5 Å². The van der Waals surface area contributed by atoms with E-state index >= 15 is 0 Å². The number of thioether (sulfide) groups is 1. The van der Waals surface area contributed by atoms with Gasteiger partial charge in [-0.05, 0) is 54.8 Å². The van der Waals surface area contributed by atoms with Crippen molar-refractivity contribution in [3.8, 4) is 5.75 Å². The maximum atomic E-state index is 12.9. The molecule has 0 spiro atoms. The minimum absolute atomic E-state index is 0.243. The van der Waals surface area contributed by atoms with Crippen molar-refractivity contribution in [1.82, 2.24) is 24.9 Å². The molecule has 3 heterocycles. The molecule has 0 aliphatic heterocycles. The normalized spacial score (nSPS) is 12.1. The molecule has 4 rings (SSSR count). The van der Waals surface area contributed by atoms with Crippen LogP contribution in [-0.2, 0) is 6.61 Å². The molecule has 4 aromatic rings. The van der Waals surface area contributed by atoms with E-state index in [-0.39, 0.29) is 18.6 Å². The molecule has 1 unspecified atom stereocenters. The van der Waals surface area contributed by atoms with Crippen LogP contribution in [0.15, 0.2) is 54.0 Å². The molecule has 0 aliphatic rings. The molecular formula is C21H20ClN5O2S2. The SMILES string of the molecule is CSCCC(NC(=O)c1csc(COc2ccc(Cl)cc2)n1)c1nnc2ccccn12. The quantitative estimate of drug-likeness (QED) is 0.381. The van der Waals surface area contributed by atoms with Gasteiger partial charge in [-0.2, -0.15) is 11.8 Å². The van der Waals surface area contributed by atoms with E-state index in [1.807, 2.05) is 35.1 Å². The second kappa shape index (κ2) is 10.1. The van der Waals surface area contributed by atoms with Crippen LogP contribution in [0.1, 0.15) is 33.8 Å². The molecule has 1 amide bonds. The van der Waals surface area contributed by atoms with Crippen LogP contribution in [0.4, 0.5) is 0 Å². The lowest BCUT2D eigenvalue weighted by Crippen LogP contribution is -2.30. The summed E-state index contributed by atoms with van der Waals surface area (Å²) in [5.74, 6) is 2.04. The number of hydrogen-bond acceptors (Lipinski definition) is 7. The number of pyridine rings is 1. The number of nitrogens with one attached hydrogen (secondary N) is 1. The standard InChI is InChI=1S/C21H20ClN5O2S2/c1-30-11-9-16(20-26-25-18-4-2-3-10-27(18)20)24-21(28)17-13-31-19(23-17)12-29-15-7-5-14(22)6-8-15/h2-8,10,13,16H,9,11-12H2,1H3,(H,24,28). The number of nitrogens with zero attached hydrogens (tertiary/aromatic N) is 4. The van der Waals surface area contributed by atoms with Gasteiger partial charge in [0.15, 0.2) is 11.5 Å². The topological polar surface area (TPSA) is 81.4 Å². The van der Waals surface area contributed by atoms with Crippen LogP contribution >= 0.6 is 34.7 Å². The molecule has 1 N–H and O–H groups in total. The summed E-state index contributed by atoms with van der Waals surface area (Å²) in [5, 5.41) is 14.7. The monoisotopic (exact) mass is 473 g/mol. The van der Waals surface area contributed by atoms with Gasteiger partial charge in [0, 0.05) is 16.6 Å². The Morgan fingerprint density at radius 3 is 2.90 bits per heavy atom. The third kappa shape index (κ3) is 5.36. The summed E-state index contributed by atoms with van der Waals surface area (Å²) in [7, 11) is 0. The lowest BCUT2D eigenvalue weighted by molar-refractivity contribution is 0.0929. The van der Waals surface area contributed by atoms with Crippen molar-refractivity contribution in [2.75, 3.05) is 12.0 Å². The summed E-state index contributed by atoms with van der Waals surface area (Å²) in [6.07, 6.45) is 4.67. The van der Waals surface area contributed by atoms with Crippen molar-refractivity contribution >= 4 is 46.3 Å². The average Bonchev–Trinajstić information content (AvgIpc) is 3.43. The van der Waals surface area contributed by atoms with Crippen LogP contribution in [0.25, 0.3) is 5.65 Å². The molecule has 10 heteroatoms. The van der Waals surface area contributed by atoms with Crippen molar-refractivity contribution < 1.29 is 9.53 Å². The van der Waals surface area contributed by atoms with E-state index in [2.05, 4.69) is 20.5 Å². The van der Waals surface area contributed by atoms with Crippen LogP contribution < -0.4 is 10.1 Å². The van der Waals surface area contributed by atoms with Gasteiger partial charge in [0.2, 0.25) is 0 Å². The minimum atomic E-state index is -0.271. The number of rotatable bonds is 9. The minimum Gasteiger partial charge on any atom is -0.486 e. The molecule has 0 fully saturated rings. The average molecular weight is 474 g/mol. The molecule has 0 radical (unpaired) electrons. The molecule has 0 saturated carbocycles. The Morgan fingerprint density at radius 2 is 2.10 bits per heavy atom. The lowest BCUT2D eigenvalue weighted by atomic mass is 10.2. The number of amides is 1. The highest BCUT2D eigenvalue weighted by atomic mass is 35.5. The molecule has 0 saturated heterocycles. The highest BCUT2D eigenvalue weighted by molar-refractivity contribution is 7.98. The van der Waals surface area contributed by atoms with Gasteiger partial charge in [0.1, 0.15) is 23.1 Å². The van der Waals surface area contributed by atoms with E-state index in [1.165, 1.54) is 11.3 Å². The smallest absolute Gasteiger partial charge is 0.271 e. The van der Waals surface area contributed by atoms with Gasteiger partial charge in [0.25, 0.3) is 5.91 Å². The highest BCUT2D eigenvalue weighted by Crippen LogP contribution is 2.21. The van der Waals surface area contributed by atoms with Crippen molar-refractivity contribution in [3.63, 3.8) is 0 Å². The van der Waals surface area contributed by atoms with Gasteiger partial charge in [-0.15, -0.1) is 21.5 Å². The Balaban J connectivity index is 1.44. The zero-order chi connectivity index (χ0) is 21.6. The second-order valence-electron chi connectivity index (χ2n) is 6.66. The van der Waals surface area contributed by atoms with Gasteiger partial charge >= 0.3 is 0 Å². The van der Waals surface area contributed by atoms with Gasteiger partial charge in [0.05, 0.1) is 6.04 Å². The second-order valence-corrected chi connectivity index (χ2v) is 9.03. The van der Waals surface area contributed by atoms with E-state index in [0.29, 0.717) is 27.3 Å². The largest absolute Gasteiger partial charge is 0.486 e. The van der Waals surface area contributed by atoms with Gasteiger partial charge in [-0.1, -0.05) is 17.7 Å². The first-order valence-electron chi connectivity index (χ1n) is 9.56. The first kappa shape index (κ1) is 21.6. The molecular weight excluding hydrogens is 454 g/mol. The fourth-order valence-corrected chi connectivity index (χ4v) is 4.27. The Morgan fingerprint density at radius 1 is 1.26 bits per heavy atom. The summed E-state index contributed by atoms with van der Waals surface area (Å²) >= 11 is 8.99. The van der Waals surface area contributed by atoms with Crippen LogP contribution in [0.3, 0.4) is 0 Å².